The number of hydrogen-bond donors (Lipinski definition) is 2. The van der Waals surface area contributed by atoms with Crippen molar-refractivity contribution in [3.63, 3.8) is 0 Å². The van der Waals surface area contributed by atoms with Crippen molar-refractivity contribution in [1.82, 2.24) is 5.32 Å². The Hall–Kier alpha value is -2.85. The molecule has 0 aliphatic heterocycles. The zero-order valence-electron chi connectivity index (χ0n) is 17.4. The third kappa shape index (κ3) is 5.81. The number of thiocarbonyl (C=S) groups is 1. The first-order chi connectivity index (χ1) is 13.9. The van der Waals surface area contributed by atoms with Crippen LogP contribution in [0.25, 0.3) is 0 Å². The Balaban J connectivity index is 1.82. The Morgan fingerprint density at radius 3 is 2.34 bits per heavy atom. The molecule has 0 aromatic heterocycles. The zero-order chi connectivity index (χ0) is 20.8. The standard InChI is InChI=1S/C25H28N2OS/c1-17(2)28-22-12-8-11-21(16-22)26-25(29)27-24(20-9-6-5-7-10-20)23-14-13-18(3)15-19(23)4/h5-17,24H,1-4H3,(H2,26,27,29). The Bertz CT molecular complexity index is 970. The van der Waals surface area contributed by atoms with Crippen LogP contribution in [-0.2, 0) is 0 Å². The normalized spacial score (nSPS) is 11.8. The molecule has 4 heteroatoms. The molecule has 0 aliphatic carbocycles. The van der Waals surface area contributed by atoms with Crippen LogP contribution in [0.3, 0.4) is 0 Å². The molecule has 3 rings (SSSR count). The largest absolute Gasteiger partial charge is 0.491 e. The average Bonchev–Trinajstić information content (AvgIpc) is 2.67. The molecule has 3 aromatic carbocycles. The van der Waals surface area contributed by atoms with Gasteiger partial charge in [0.15, 0.2) is 5.11 Å². The maximum atomic E-state index is 5.78. The Kier molecular flexibility index (Phi) is 6.89. The number of ether oxygens (including phenoxy) is 1. The van der Waals surface area contributed by atoms with E-state index in [0.717, 1.165) is 11.4 Å². The second kappa shape index (κ2) is 9.57. The molecule has 0 saturated carbocycles. The molecule has 0 radical (unpaired) electrons. The van der Waals surface area contributed by atoms with Crippen molar-refractivity contribution in [1.29, 1.82) is 0 Å². The van der Waals surface area contributed by atoms with E-state index in [4.69, 9.17) is 17.0 Å². The van der Waals surface area contributed by atoms with Gasteiger partial charge in [0.25, 0.3) is 0 Å². The summed E-state index contributed by atoms with van der Waals surface area (Å²) in [6.07, 6.45) is 0.127. The Morgan fingerprint density at radius 1 is 0.897 bits per heavy atom. The highest BCUT2D eigenvalue weighted by Gasteiger charge is 2.17. The van der Waals surface area contributed by atoms with Crippen molar-refractivity contribution in [3.8, 4) is 5.75 Å². The van der Waals surface area contributed by atoms with Crippen LogP contribution in [0.4, 0.5) is 5.69 Å². The number of hydrogen-bond acceptors (Lipinski definition) is 2. The first-order valence-electron chi connectivity index (χ1n) is 9.88. The highest BCUT2D eigenvalue weighted by Crippen LogP contribution is 2.26. The van der Waals surface area contributed by atoms with Crippen molar-refractivity contribution < 1.29 is 4.74 Å². The fourth-order valence-electron chi connectivity index (χ4n) is 3.35. The fourth-order valence-corrected chi connectivity index (χ4v) is 3.59. The van der Waals surface area contributed by atoms with Crippen molar-refractivity contribution in [3.05, 3.63) is 95.1 Å². The first kappa shape index (κ1) is 20.9. The smallest absolute Gasteiger partial charge is 0.171 e. The van der Waals surface area contributed by atoms with Crippen molar-refractivity contribution >= 4 is 23.0 Å². The second-order valence-electron chi connectivity index (χ2n) is 7.50. The van der Waals surface area contributed by atoms with E-state index in [2.05, 4.69) is 66.9 Å². The second-order valence-corrected chi connectivity index (χ2v) is 7.90. The maximum absolute atomic E-state index is 5.78. The zero-order valence-corrected chi connectivity index (χ0v) is 18.2. The summed E-state index contributed by atoms with van der Waals surface area (Å²) >= 11 is 5.65. The molecule has 0 saturated heterocycles. The highest BCUT2D eigenvalue weighted by atomic mass is 32.1. The third-order valence-electron chi connectivity index (χ3n) is 4.61. The molecule has 1 unspecified atom stereocenters. The van der Waals surface area contributed by atoms with Gasteiger partial charge < -0.3 is 15.4 Å². The number of benzene rings is 3. The predicted molar refractivity (Wildman–Crippen MR) is 126 cm³/mol. The summed E-state index contributed by atoms with van der Waals surface area (Å²) in [6, 6.07) is 24.7. The lowest BCUT2D eigenvalue weighted by Gasteiger charge is -2.24. The molecule has 0 fully saturated rings. The van der Waals surface area contributed by atoms with Gasteiger partial charge in [-0.3, -0.25) is 0 Å². The van der Waals surface area contributed by atoms with Gasteiger partial charge in [-0.25, -0.2) is 0 Å². The van der Waals surface area contributed by atoms with Gasteiger partial charge in [0, 0.05) is 11.8 Å². The van der Waals surface area contributed by atoms with Gasteiger partial charge >= 0.3 is 0 Å². The van der Waals surface area contributed by atoms with Crippen LogP contribution >= 0.6 is 12.2 Å². The minimum Gasteiger partial charge on any atom is -0.491 e. The molecular weight excluding hydrogens is 376 g/mol. The highest BCUT2D eigenvalue weighted by molar-refractivity contribution is 7.80. The number of nitrogens with one attached hydrogen (secondary N) is 2. The number of aryl methyl sites for hydroxylation is 2. The summed E-state index contributed by atoms with van der Waals surface area (Å²) in [4.78, 5) is 0. The van der Waals surface area contributed by atoms with Gasteiger partial charge in [-0.05, 0) is 68.7 Å². The SMILES string of the molecule is Cc1ccc(C(NC(=S)Nc2cccc(OC(C)C)c2)c2ccccc2)c(C)c1. The fraction of sp³-hybridized carbons (Fsp3) is 0.240. The molecular formula is C25H28N2OS. The maximum Gasteiger partial charge on any atom is 0.171 e. The number of rotatable bonds is 6. The third-order valence-corrected chi connectivity index (χ3v) is 4.83. The molecule has 3 aromatic rings. The van der Waals surface area contributed by atoms with Crippen LogP contribution in [0.2, 0.25) is 0 Å². The van der Waals surface area contributed by atoms with Gasteiger partial charge in [-0.2, -0.15) is 0 Å². The molecule has 2 N–H and O–H groups in total. The lowest BCUT2D eigenvalue weighted by atomic mass is 9.94. The van der Waals surface area contributed by atoms with E-state index in [-0.39, 0.29) is 12.1 Å². The molecule has 0 aliphatic rings. The Morgan fingerprint density at radius 2 is 1.66 bits per heavy atom. The van der Waals surface area contributed by atoms with Gasteiger partial charge in [0.1, 0.15) is 5.75 Å². The summed E-state index contributed by atoms with van der Waals surface area (Å²) in [5, 5.41) is 7.36. The predicted octanol–water partition coefficient (Wildman–Crippen LogP) is 6.17. The number of anilines is 1. The lowest BCUT2D eigenvalue weighted by molar-refractivity contribution is 0.242. The minimum atomic E-state index is -0.0353. The monoisotopic (exact) mass is 404 g/mol. The van der Waals surface area contributed by atoms with Gasteiger partial charge in [0.2, 0.25) is 0 Å². The molecule has 0 amide bonds. The van der Waals surface area contributed by atoms with E-state index in [1.54, 1.807) is 0 Å². The van der Waals surface area contributed by atoms with Crippen LogP contribution in [0.15, 0.2) is 72.8 Å². The molecule has 0 spiro atoms. The summed E-state index contributed by atoms with van der Waals surface area (Å²) < 4.78 is 5.78. The van der Waals surface area contributed by atoms with Crippen LogP contribution in [-0.4, -0.2) is 11.2 Å². The van der Waals surface area contributed by atoms with Crippen LogP contribution < -0.4 is 15.4 Å². The quantitative estimate of drug-likeness (QED) is 0.482. The van der Waals surface area contributed by atoms with Crippen molar-refractivity contribution in [2.24, 2.45) is 0 Å². The van der Waals surface area contributed by atoms with E-state index in [1.807, 2.05) is 44.2 Å². The van der Waals surface area contributed by atoms with E-state index < -0.39 is 0 Å². The van der Waals surface area contributed by atoms with E-state index >= 15 is 0 Å². The van der Waals surface area contributed by atoms with E-state index in [0.29, 0.717) is 5.11 Å². The van der Waals surface area contributed by atoms with Crippen molar-refractivity contribution in [2.45, 2.75) is 39.8 Å². The average molecular weight is 405 g/mol. The van der Waals surface area contributed by atoms with Crippen LogP contribution in [0.5, 0.6) is 5.75 Å². The van der Waals surface area contributed by atoms with E-state index in [1.165, 1.54) is 22.3 Å². The van der Waals surface area contributed by atoms with Crippen LogP contribution in [0.1, 0.15) is 42.1 Å². The Labute approximate surface area is 179 Å². The van der Waals surface area contributed by atoms with Gasteiger partial charge in [-0.1, -0.05) is 60.2 Å². The lowest BCUT2D eigenvalue weighted by Crippen LogP contribution is -2.33. The van der Waals surface area contributed by atoms with Gasteiger partial charge in [0.05, 0.1) is 12.1 Å². The molecule has 29 heavy (non-hydrogen) atoms. The van der Waals surface area contributed by atoms with Crippen LogP contribution in [0, 0.1) is 13.8 Å². The minimum absolute atomic E-state index is 0.0353. The first-order valence-corrected chi connectivity index (χ1v) is 10.3. The van der Waals surface area contributed by atoms with E-state index in [9.17, 15) is 0 Å². The topological polar surface area (TPSA) is 33.3 Å². The molecule has 150 valence electrons. The molecule has 0 heterocycles. The summed E-state index contributed by atoms with van der Waals surface area (Å²) in [6.45, 7) is 8.28. The van der Waals surface area contributed by atoms with Gasteiger partial charge in [-0.15, -0.1) is 0 Å². The summed E-state index contributed by atoms with van der Waals surface area (Å²) in [5.41, 5.74) is 5.76. The summed E-state index contributed by atoms with van der Waals surface area (Å²) in [7, 11) is 0. The van der Waals surface area contributed by atoms with Crippen molar-refractivity contribution in [2.75, 3.05) is 5.32 Å². The molecule has 0 bridgehead atoms. The summed E-state index contributed by atoms with van der Waals surface area (Å²) in [5.74, 6) is 0.821. The molecule has 3 nitrogen and oxygen atoms in total. The molecule has 1 atom stereocenters.